The second-order valence-electron chi connectivity index (χ2n) is 2.14. The minimum absolute atomic E-state index is 0.264. The average Bonchev–Trinajstić information content (AvgIpc) is 2.49. The van der Waals surface area contributed by atoms with Gasteiger partial charge >= 0.3 is 0 Å². The summed E-state index contributed by atoms with van der Waals surface area (Å²) in [4.78, 5) is 7.97. The molecule has 0 aliphatic rings. The van der Waals surface area contributed by atoms with Gasteiger partial charge in [-0.15, -0.1) is 16.7 Å². The third-order valence-electron chi connectivity index (χ3n) is 1.36. The number of hydrogen-bond acceptors (Lipinski definition) is 3. The topological polar surface area (TPSA) is 43.1 Å². The van der Waals surface area contributed by atoms with E-state index >= 15 is 0 Å². The van der Waals surface area contributed by atoms with Gasteiger partial charge in [-0.2, -0.15) is 9.50 Å². The third kappa shape index (κ3) is 1.13. The second kappa shape index (κ2) is 2.88. The maximum atomic E-state index is 5.80. The Labute approximate surface area is 78.1 Å². The first-order valence-corrected chi connectivity index (χ1v) is 4.14. The van der Waals surface area contributed by atoms with Gasteiger partial charge in [0.05, 0.1) is 5.88 Å². The molecule has 0 radical (unpaired) electrons. The fourth-order valence-electron chi connectivity index (χ4n) is 0.865. The van der Waals surface area contributed by atoms with Crippen molar-refractivity contribution >= 4 is 29.0 Å². The first-order chi connectivity index (χ1) is 5.81. The normalized spacial score (nSPS) is 10.8. The summed E-state index contributed by atoms with van der Waals surface area (Å²) in [5.74, 6) is 1.26. The monoisotopic (exact) mass is 202 g/mol. The SMILES string of the molecule is ClCc1nc2nccc(Cl)n2n1. The molecule has 2 aromatic heterocycles. The van der Waals surface area contributed by atoms with Crippen molar-refractivity contribution in [3.8, 4) is 0 Å². The minimum Gasteiger partial charge on any atom is -0.220 e. The molecular weight excluding hydrogens is 199 g/mol. The number of aromatic nitrogens is 4. The number of nitrogens with zero attached hydrogens (tertiary/aromatic N) is 4. The van der Waals surface area contributed by atoms with Crippen LogP contribution in [-0.4, -0.2) is 19.6 Å². The molecule has 2 aromatic rings. The highest BCUT2D eigenvalue weighted by atomic mass is 35.5. The summed E-state index contributed by atoms with van der Waals surface area (Å²) in [6.45, 7) is 0. The van der Waals surface area contributed by atoms with Gasteiger partial charge in [0, 0.05) is 6.20 Å². The Morgan fingerprint density at radius 2 is 2.33 bits per heavy atom. The summed E-state index contributed by atoms with van der Waals surface area (Å²) in [6.07, 6.45) is 1.57. The van der Waals surface area contributed by atoms with Crippen molar-refractivity contribution < 1.29 is 0 Å². The predicted octanol–water partition coefficient (Wildman–Crippen LogP) is 1.52. The van der Waals surface area contributed by atoms with Gasteiger partial charge in [0.1, 0.15) is 5.15 Å². The van der Waals surface area contributed by atoms with Gasteiger partial charge in [0.2, 0.25) is 0 Å². The molecule has 0 aromatic carbocycles. The van der Waals surface area contributed by atoms with Gasteiger partial charge in [-0.25, -0.2) is 4.98 Å². The molecule has 0 N–H and O–H groups in total. The molecule has 2 heterocycles. The standard InChI is InChI=1S/C6H4Cl2N4/c7-3-5-10-6-9-2-1-4(8)12(6)11-5/h1-2H,3H2. The molecule has 0 amide bonds. The lowest BCUT2D eigenvalue weighted by molar-refractivity contribution is 0.911. The minimum atomic E-state index is 0.264. The first-order valence-electron chi connectivity index (χ1n) is 3.23. The lowest BCUT2D eigenvalue weighted by Gasteiger charge is -1.90. The molecule has 62 valence electrons. The second-order valence-corrected chi connectivity index (χ2v) is 2.80. The Kier molecular flexibility index (Phi) is 1.86. The van der Waals surface area contributed by atoms with Crippen LogP contribution in [0.5, 0.6) is 0 Å². The molecular formula is C6H4Cl2N4. The summed E-state index contributed by atoms with van der Waals surface area (Å²) >= 11 is 11.3. The van der Waals surface area contributed by atoms with E-state index < -0.39 is 0 Å². The van der Waals surface area contributed by atoms with E-state index in [-0.39, 0.29) is 5.88 Å². The molecule has 0 fully saturated rings. The molecule has 12 heavy (non-hydrogen) atoms. The smallest absolute Gasteiger partial charge is 0.220 e. The lowest BCUT2D eigenvalue weighted by atomic mass is 10.7. The third-order valence-corrected chi connectivity index (χ3v) is 1.88. The molecule has 0 atom stereocenters. The quantitative estimate of drug-likeness (QED) is 0.521. The fourth-order valence-corrected chi connectivity index (χ4v) is 1.15. The van der Waals surface area contributed by atoms with Crippen LogP contribution in [0.4, 0.5) is 0 Å². The molecule has 4 nitrogen and oxygen atoms in total. The van der Waals surface area contributed by atoms with Crippen molar-refractivity contribution in [2.45, 2.75) is 5.88 Å². The van der Waals surface area contributed by atoms with E-state index in [1.165, 1.54) is 4.52 Å². The van der Waals surface area contributed by atoms with Crippen molar-refractivity contribution in [1.82, 2.24) is 19.6 Å². The molecule has 0 saturated heterocycles. The Morgan fingerprint density at radius 1 is 1.50 bits per heavy atom. The number of rotatable bonds is 1. The number of halogens is 2. The van der Waals surface area contributed by atoms with Gasteiger partial charge in [-0.3, -0.25) is 0 Å². The largest absolute Gasteiger partial charge is 0.253 e. The van der Waals surface area contributed by atoms with Gasteiger partial charge in [0.15, 0.2) is 5.82 Å². The summed E-state index contributed by atoms with van der Waals surface area (Å²) in [7, 11) is 0. The van der Waals surface area contributed by atoms with Crippen LogP contribution in [0.2, 0.25) is 5.15 Å². The average molecular weight is 203 g/mol. The molecule has 2 rings (SSSR count). The highest BCUT2D eigenvalue weighted by molar-refractivity contribution is 6.29. The van der Waals surface area contributed by atoms with Gasteiger partial charge in [-0.05, 0) is 6.07 Å². The number of alkyl halides is 1. The summed E-state index contributed by atoms with van der Waals surface area (Å²) in [5.41, 5.74) is 0. The molecule has 0 unspecified atom stereocenters. The Morgan fingerprint density at radius 3 is 3.00 bits per heavy atom. The Hall–Kier alpha value is -0.870. The Bertz CT molecular complexity index is 411. The van der Waals surface area contributed by atoms with Crippen molar-refractivity contribution in [1.29, 1.82) is 0 Å². The van der Waals surface area contributed by atoms with Crippen LogP contribution in [0.1, 0.15) is 5.82 Å². The predicted molar refractivity (Wildman–Crippen MR) is 45.3 cm³/mol. The van der Waals surface area contributed by atoms with Crippen LogP contribution in [-0.2, 0) is 5.88 Å². The zero-order valence-electron chi connectivity index (χ0n) is 5.91. The zero-order chi connectivity index (χ0) is 8.55. The summed E-state index contributed by atoms with van der Waals surface area (Å²) < 4.78 is 1.44. The zero-order valence-corrected chi connectivity index (χ0v) is 7.42. The molecule has 0 spiro atoms. The number of fused-ring (bicyclic) bond motifs is 1. The van der Waals surface area contributed by atoms with Crippen LogP contribution in [0.15, 0.2) is 12.3 Å². The van der Waals surface area contributed by atoms with E-state index in [4.69, 9.17) is 23.2 Å². The summed E-state index contributed by atoms with van der Waals surface area (Å²) in [6, 6.07) is 1.64. The molecule has 6 heteroatoms. The van der Waals surface area contributed by atoms with Crippen molar-refractivity contribution in [2.24, 2.45) is 0 Å². The van der Waals surface area contributed by atoms with E-state index in [0.717, 1.165) is 0 Å². The maximum Gasteiger partial charge on any atom is 0.253 e. The molecule has 0 aliphatic carbocycles. The van der Waals surface area contributed by atoms with E-state index in [2.05, 4.69) is 15.1 Å². The first kappa shape index (κ1) is 7.76. The van der Waals surface area contributed by atoms with Gasteiger partial charge in [-0.1, -0.05) is 11.6 Å². The molecule has 0 aliphatic heterocycles. The van der Waals surface area contributed by atoms with E-state index in [9.17, 15) is 0 Å². The van der Waals surface area contributed by atoms with Crippen LogP contribution in [0.3, 0.4) is 0 Å². The maximum absolute atomic E-state index is 5.80. The number of hydrogen-bond donors (Lipinski definition) is 0. The van der Waals surface area contributed by atoms with Crippen LogP contribution in [0.25, 0.3) is 5.78 Å². The molecule has 0 saturated carbocycles. The van der Waals surface area contributed by atoms with E-state index in [1.54, 1.807) is 12.3 Å². The van der Waals surface area contributed by atoms with E-state index in [1.807, 2.05) is 0 Å². The van der Waals surface area contributed by atoms with Crippen LogP contribution < -0.4 is 0 Å². The fraction of sp³-hybridized carbons (Fsp3) is 0.167. The van der Waals surface area contributed by atoms with Crippen molar-refractivity contribution in [3.05, 3.63) is 23.2 Å². The van der Waals surface area contributed by atoms with E-state index in [0.29, 0.717) is 16.8 Å². The Balaban J connectivity index is 2.74. The van der Waals surface area contributed by atoms with Crippen molar-refractivity contribution in [2.75, 3.05) is 0 Å². The highest BCUT2D eigenvalue weighted by Crippen LogP contribution is 2.08. The van der Waals surface area contributed by atoms with Crippen LogP contribution in [0, 0.1) is 0 Å². The highest BCUT2D eigenvalue weighted by Gasteiger charge is 2.04. The van der Waals surface area contributed by atoms with Crippen molar-refractivity contribution in [3.63, 3.8) is 0 Å². The molecule has 0 bridgehead atoms. The van der Waals surface area contributed by atoms with Gasteiger partial charge < -0.3 is 0 Å². The van der Waals surface area contributed by atoms with Crippen LogP contribution >= 0.6 is 23.2 Å². The van der Waals surface area contributed by atoms with Gasteiger partial charge in [0.25, 0.3) is 5.78 Å². The lowest BCUT2D eigenvalue weighted by Crippen LogP contribution is -1.90. The summed E-state index contributed by atoms with van der Waals surface area (Å²) in [5, 5.41) is 4.49.